The second kappa shape index (κ2) is 4.05. The van der Waals surface area contributed by atoms with Crippen LogP contribution >= 0.6 is 0 Å². The molecule has 0 aromatic heterocycles. The van der Waals surface area contributed by atoms with Crippen molar-refractivity contribution >= 4 is 10.0 Å². The molecule has 1 saturated heterocycles. The van der Waals surface area contributed by atoms with Crippen LogP contribution < -0.4 is 0 Å². The van der Waals surface area contributed by atoms with Crippen molar-refractivity contribution in [3.63, 3.8) is 0 Å². The van der Waals surface area contributed by atoms with Gasteiger partial charge in [-0.15, -0.1) is 0 Å². The molecular weight excluding hydrogens is 250 g/mol. The number of benzene rings is 1. The lowest BCUT2D eigenvalue weighted by Crippen LogP contribution is -2.39. The van der Waals surface area contributed by atoms with E-state index in [0.717, 1.165) is 12.0 Å². The van der Waals surface area contributed by atoms with Crippen molar-refractivity contribution in [3.8, 4) is 0 Å². The quantitative estimate of drug-likeness (QED) is 0.869. The van der Waals surface area contributed by atoms with Crippen LogP contribution in [0.2, 0.25) is 0 Å². The first-order valence-electron chi connectivity index (χ1n) is 6.23. The molecule has 3 atom stereocenters. The predicted octanol–water partition coefficient (Wildman–Crippen LogP) is 0.996. The molecule has 1 aliphatic heterocycles. The Morgan fingerprint density at radius 2 is 1.89 bits per heavy atom. The van der Waals surface area contributed by atoms with Crippen LogP contribution in [0.5, 0.6) is 0 Å². The first kappa shape index (κ1) is 12.1. The molecule has 2 aliphatic rings. The van der Waals surface area contributed by atoms with Gasteiger partial charge in [0.05, 0.1) is 11.0 Å². The number of nitrogens with zero attached hydrogens (tertiary/aromatic N) is 1. The van der Waals surface area contributed by atoms with E-state index in [9.17, 15) is 13.5 Å². The molecule has 1 aliphatic carbocycles. The Balaban J connectivity index is 1.85. The molecular formula is C13H17NO3S. The fraction of sp³-hybridized carbons (Fsp3) is 0.538. The SMILES string of the molecule is Cc1ccc(S(=O)(=O)N2C[C@@H]3CC(O)[C@@H]3C2)cc1. The minimum atomic E-state index is -3.38. The molecule has 4 nitrogen and oxygen atoms in total. The monoisotopic (exact) mass is 267 g/mol. The molecule has 18 heavy (non-hydrogen) atoms. The van der Waals surface area contributed by atoms with Gasteiger partial charge in [0.25, 0.3) is 0 Å². The summed E-state index contributed by atoms with van der Waals surface area (Å²) in [5.41, 5.74) is 1.05. The molecule has 0 bridgehead atoms. The molecule has 3 rings (SSSR count). The van der Waals surface area contributed by atoms with Gasteiger partial charge in [-0.05, 0) is 31.4 Å². The molecule has 98 valence electrons. The second-order valence-corrected chi connectivity index (χ2v) is 7.30. The number of aliphatic hydroxyl groups is 1. The zero-order chi connectivity index (χ0) is 12.9. The first-order chi connectivity index (χ1) is 8.48. The van der Waals surface area contributed by atoms with Gasteiger partial charge in [0.2, 0.25) is 10.0 Å². The van der Waals surface area contributed by atoms with Gasteiger partial charge in [-0.3, -0.25) is 0 Å². The summed E-state index contributed by atoms with van der Waals surface area (Å²) in [5.74, 6) is 0.491. The van der Waals surface area contributed by atoms with Crippen LogP contribution in [0, 0.1) is 18.8 Å². The van der Waals surface area contributed by atoms with Crippen molar-refractivity contribution in [2.45, 2.75) is 24.3 Å². The summed E-state index contributed by atoms with van der Waals surface area (Å²) < 4.78 is 26.3. The largest absolute Gasteiger partial charge is 0.393 e. The van der Waals surface area contributed by atoms with E-state index in [-0.39, 0.29) is 12.0 Å². The van der Waals surface area contributed by atoms with Crippen molar-refractivity contribution in [3.05, 3.63) is 29.8 Å². The Morgan fingerprint density at radius 3 is 2.44 bits per heavy atom. The van der Waals surface area contributed by atoms with E-state index in [1.807, 2.05) is 19.1 Å². The van der Waals surface area contributed by atoms with E-state index in [4.69, 9.17) is 0 Å². The van der Waals surface area contributed by atoms with E-state index in [2.05, 4.69) is 0 Å². The average molecular weight is 267 g/mol. The molecule has 1 aromatic rings. The van der Waals surface area contributed by atoms with Crippen LogP contribution in [-0.4, -0.2) is 37.0 Å². The summed E-state index contributed by atoms with van der Waals surface area (Å²) >= 11 is 0. The Bertz CT molecular complexity index is 552. The van der Waals surface area contributed by atoms with Gasteiger partial charge in [0.15, 0.2) is 0 Å². The van der Waals surface area contributed by atoms with Crippen molar-refractivity contribution in [1.82, 2.24) is 4.31 Å². The summed E-state index contributed by atoms with van der Waals surface area (Å²) in [6.07, 6.45) is 0.429. The smallest absolute Gasteiger partial charge is 0.243 e. The molecule has 1 aromatic carbocycles. The van der Waals surface area contributed by atoms with Crippen molar-refractivity contribution in [2.24, 2.45) is 11.8 Å². The number of rotatable bonds is 2. The Morgan fingerprint density at radius 1 is 1.22 bits per heavy atom. The highest BCUT2D eigenvalue weighted by atomic mass is 32.2. The maximum Gasteiger partial charge on any atom is 0.243 e. The zero-order valence-electron chi connectivity index (χ0n) is 10.3. The molecule has 1 heterocycles. The van der Waals surface area contributed by atoms with Crippen LogP contribution in [-0.2, 0) is 10.0 Å². The fourth-order valence-electron chi connectivity index (χ4n) is 2.89. The molecule has 1 N–H and O–H groups in total. The topological polar surface area (TPSA) is 57.6 Å². The lowest BCUT2D eigenvalue weighted by Gasteiger charge is -2.34. The molecule has 0 spiro atoms. The van der Waals surface area contributed by atoms with Crippen LogP contribution in [0.25, 0.3) is 0 Å². The summed E-state index contributed by atoms with van der Waals surface area (Å²) in [5, 5.41) is 9.59. The summed E-state index contributed by atoms with van der Waals surface area (Å²) in [7, 11) is -3.38. The first-order valence-corrected chi connectivity index (χ1v) is 7.67. The van der Waals surface area contributed by atoms with Gasteiger partial charge in [-0.2, -0.15) is 4.31 Å². The molecule has 1 unspecified atom stereocenters. The summed E-state index contributed by atoms with van der Waals surface area (Å²) in [6.45, 7) is 2.95. The van der Waals surface area contributed by atoms with Crippen LogP contribution in [0.15, 0.2) is 29.2 Å². The number of aliphatic hydroxyl groups excluding tert-OH is 1. The van der Waals surface area contributed by atoms with Crippen LogP contribution in [0.4, 0.5) is 0 Å². The highest BCUT2D eigenvalue weighted by Crippen LogP contribution is 2.42. The maximum absolute atomic E-state index is 12.4. The number of hydrogen-bond donors (Lipinski definition) is 1. The van der Waals surface area contributed by atoms with E-state index >= 15 is 0 Å². The minimum Gasteiger partial charge on any atom is -0.393 e. The van der Waals surface area contributed by atoms with Gasteiger partial charge in [0, 0.05) is 19.0 Å². The molecule has 0 radical (unpaired) electrons. The van der Waals surface area contributed by atoms with E-state index in [1.165, 1.54) is 4.31 Å². The third kappa shape index (κ3) is 1.77. The lowest BCUT2D eigenvalue weighted by molar-refractivity contribution is -0.00416. The summed E-state index contributed by atoms with van der Waals surface area (Å²) in [4.78, 5) is 0.351. The lowest BCUT2D eigenvalue weighted by atomic mass is 9.74. The van der Waals surface area contributed by atoms with Crippen molar-refractivity contribution in [2.75, 3.05) is 13.1 Å². The third-order valence-corrected chi connectivity index (χ3v) is 6.00. The predicted molar refractivity (Wildman–Crippen MR) is 67.5 cm³/mol. The Hall–Kier alpha value is -0.910. The van der Waals surface area contributed by atoms with Gasteiger partial charge in [0.1, 0.15) is 0 Å². The maximum atomic E-state index is 12.4. The normalized spacial score (nSPS) is 32.0. The standard InChI is InChI=1S/C13H17NO3S/c1-9-2-4-11(5-3-9)18(16,17)14-7-10-6-13(15)12(10)8-14/h2-5,10,12-13,15H,6-8H2,1H3/t10-,12+,13?/m0/s1. The van der Waals surface area contributed by atoms with Crippen molar-refractivity contribution < 1.29 is 13.5 Å². The van der Waals surface area contributed by atoms with Crippen LogP contribution in [0.1, 0.15) is 12.0 Å². The third-order valence-electron chi connectivity index (χ3n) is 4.16. The van der Waals surface area contributed by atoms with E-state index in [1.54, 1.807) is 12.1 Å². The van der Waals surface area contributed by atoms with Crippen LogP contribution in [0.3, 0.4) is 0 Å². The van der Waals surface area contributed by atoms with Crippen molar-refractivity contribution in [1.29, 1.82) is 0 Å². The van der Waals surface area contributed by atoms with E-state index < -0.39 is 10.0 Å². The Kier molecular flexibility index (Phi) is 2.73. The van der Waals surface area contributed by atoms with Gasteiger partial charge < -0.3 is 5.11 Å². The molecule has 2 fully saturated rings. The fourth-order valence-corrected chi connectivity index (χ4v) is 4.42. The average Bonchev–Trinajstić information content (AvgIpc) is 2.67. The highest BCUT2D eigenvalue weighted by Gasteiger charge is 2.49. The highest BCUT2D eigenvalue weighted by molar-refractivity contribution is 7.89. The van der Waals surface area contributed by atoms with E-state index in [0.29, 0.717) is 23.9 Å². The number of hydrogen-bond acceptors (Lipinski definition) is 3. The summed E-state index contributed by atoms with van der Waals surface area (Å²) in [6, 6.07) is 6.93. The zero-order valence-corrected chi connectivity index (χ0v) is 11.1. The van der Waals surface area contributed by atoms with Gasteiger partial charge in [-0.1, -0.05) is 17.7 Å². The molecule has 5 heteroatoms. The number of sulfonamides is 1. The molecule has 0 amide bonds. The number of aryl methyl sites for hydroxylation is 1. The molecule has 1 saturated carbocycles. The second-order valence-electron chi connectivity index (χ2n) is 5.36. The van der Waals surface area contributed by atoms with Gasteiger partial charge >= 0.3 is 0 Å². The number of fused-ring (bicyclic) bond motifs is 1. The minimum absolute atomic E-state index is 0.144. The van der Waals surface area contributed by atoms with Gasteiger partial charge in [-0.25, -0.2) is 8.42 Å². The Labute approximate surface area is 107 Å².